The van der Waals surface area contributed by atoms with Crippen LogP contribution in [0.25, 0.3) is 28.1 Å². The first-order chi connectivity index (χ1) is 13.4. The second-order valence-electron chi connectivity index (χ2n) is 7.58. The van der Waals surface area contributed by atoms with Crippen molar-refractivity contribution >= 4 is 10.9 Å². The minimum absolute atomic E-state index is 0.476. The zero-order chi connectivity index (χ0) is 20.0. The Hall–Kier alpha value is -3.09. The molecule has 0 unspecified atom stereocenters. The Kier molecular flexibility index (Phi) is 4.45. The number of nitrogens with zero attached hydrogens (tertiary/aromatic N) is 6. The van der Waals surface area contributed by atoms with Gasteiger partial charge in [-0.1, -0.05) is 13.8 Å². The predicted molar refractivity (Wildman–Crippen MR) is 110 cm³/mol. The lowest BCUT2D eigenvalue weighted by molar-refractivity contribution is 0.415. The molecule has 0 bridgehead atoms. The molecule has 4 rings (SSSR count). The molecule has 7 nitrogen and oxygen atoms in total. The van der Waals surface area contributed by atoms with Gasteiger partial charge in [-0.3, -0.25) is 4.68 Å². The van der Waals surface area contributed by atoms with Gasteiger partial charge >= 0.3 is 0 Å². The highest BCUT2D eigenvalue weighted by Gasteiger charge is 2.23. The van der Waals surface area contributed by atoms with Crippen LogP contribution < -0.4 is 4.74 Å². The number of benzene rings is 1. The van der Waals surface area contributed by atoms with Gasteiger partial charge < -0.3 is 9.30 Å². The maximum Gasteiger partial charge on any atom is 0.167 e. The molecule has 0 aliphatic heterocycles. The van der Waals surface area contributed by atoms with Crippen LogP contribution in [0.4, 0.5) is 0 Å². The van der Waals surface area contributed by atoms with Gasteiger partial charge in [-0.15, -0.1) is 5.10 Å². The first-order valence-electron chi connectivity index (χ1n) is 9.48. The summed E-state index contributed by atoms with van der Waals surface area (Å²) >= 11 is 0. The Morgan fingerprint density at radius 1 is 1.14 bits per heavy atom. The van der Waals surface area contributed by atoms with Crippen molar-refractivity contribution in [1.82, 2.24) is 29.1 Å². The van der Waals surface area contributed by atoms with Crippen LogP contribution in [-0.4, -0.2) is 36.2 Å². The number of aromatic nitrogens is 6. The Balaban J connectivity index is 2.02. The molecule has 0 saturated carbocycles. The molecule has 3 heterocycles. The van der Waals surface area contributed by atoms with E-state index in [2.05, 4.69) is 49.6 Å². The second-order valence-corrected chi connectivity index (χ2v) is 7.58. The van der Waals surface area contributed by atoms with Gasteiger partial charge in [-0.2, -0.15) is 9.78 Å². The molecule has 0 fully saturated rings. The van der Waals surface area contributed by atoms with Crippen LogP contribution >= 0.6 is 0 Å². The number of fused-ring (bicyclic) bond motifs is 1. The molecular formula is C21H26N6O. The predicted octanol–water partition coefficient (Wildman–Crippen LogP) is 3.68. The van der Waals surface area contributed by atoms with Crippen molar-refractivity contribution in [3.8, 4) is 23.0 Å². The summed E-state index contributed by atoms with van der Waals surface area (Å²) in [5, 5.41) is 10.3. The average Bonchev–Trinajstić information content (AvgIpc) is 3.32. The van der Waals surface area contributed by atoms with Crippen molar-refractivity contribution in [2.45, 2.75) is 27.2 Å². The molecule has 3 aromatic heterocycles. The number of aryl methyl sites for hydroxylation is 2. The average molecular weight is 378 g/mol. The minimum atomic E-state index is 0.476. The molecule has 7 heteroatoms. The molecule has 0 N–H and O–H groups in total. The lowest BCUT2D eigenvalue weighted by atomic mass is 10.1. The Bertz CT molecular complexity index is 1150. The van der Waals surface area contributed by atoms with Gasteiger partial charge in [0.2, 0.25) is 0 Å². The highest BCUT2D eigenvalue weighted by Crippen LogP contribution is 2.36. The molecule has 0 spiro atoms. The highest BCUT2D eigenvalue weighted by atomic mass is 16.5. The molecule has 0 radical (unpaired) electrons. The summed E-state index contributed by atoms with van der Waals surface area (Å²) in [6.07, 6.45) is 2.60. The monoisotopic (exact) mass is 378 g/mol. The van der Waals surface area contributed by atoms with Gasteiger partial charge in [0.05, 0.1) is 13.3 Å². The third kappa shape index (κ3) is 2.87. The highest BCUT2D eigenvalue weighted by molar-refractivity contribution is 5.97. The lowest BCUT2D eigenvalue weighted by Crippen LogP contribution is -2.07. The van der Waals surface area contributed by atoms with Crippen LogP contribution in [0.2, 0.25) is 0 Å². The van der Waals surface area contributed by atoms with E-state index in [1.807, 2.05) is 28.5 Å². The third-order valence-electron chi connectivity index (χ3n) is 5.18. The number of hydrogen-bond acceptors (Lipinski definition) is 4. The van der Waals surface area contributed by atoms with E-state index in [4.69, 9.17) is 14.8 Å². The number of hydrogen-bond donors (Lipinski definition) is 0. The fraction of sp³-hybridized carbons (Fsp3) is 0.381. The first kappa shape index (κ1) is 18.3. The van der Waals surface area contributed by atoms with E-state index >= 15 is 0 Å². The Morgan fingerprint density at radius 3 is 2.57 bits per heavy atom. The minimum Gasteiger partial charge on any atom is -0.497 e. The number of methoxy groups -OCH3 is 1. The number of ether oxygens (including phenoxy) is 1. The summed E-state index contributed by atoms with van der Waals surface area (Å²) < 4.78 is 11.4. The van der Waals surface area contributed by atoms with E-state index < -0.39 is 0 Å². The van der Waals surface area contributed by atoms with Crippen LogP contribution in [0, 0.1) is 12.8 Å². The molecule has 4 aromatic rings. The molecule has 0 saturated heterocycles. The summed E-state index contributed by atoms with van der Waals surface area (Å²) in [5.74, 6) is 3.86. The zero-order valence-electron chi connectivity index (χ0n) is 17.3. The van der Waals surface area contributed by atoms with Gasteiger partial charge in [-0.25, -0.2) is 4.98 Å². The van der Waals surface area contributed by atoms with E-state index in [1.54, 1.807) is 13.3 Å². The van der Waals surface area contributed by atoms with Gasteiger partial charge in [0.1, 0.15) is 5.75 Å². The molecule has 0 aliphatic carbocycles. The molecule has 0 aliphatic rings. The van der Waals surface area contributed by atoms with E-state index in [0.717, 1.165) is 51.8 Å². The topological polar surface area (TPSA) is 62.7 Å². The van der Waals surface area contributed by atoms with Crippen LogP contribution in [0.15, 0.2) is 30.5 Å². The van der Waals surface area contributed by atoms with Crippen molar-refractivity contribution in [3.05, 3.63) is 42.0 Å². The fourth-order valence-corrected chi connectivity index (χ4v) is 3.66. The smallest absolute Gasteiger partial charge is 0.167 e. The quantitative estimate of drug-likeness (QED) is 0.531. The standard InChI is InChI=1S/C21H26N6O/c1-13(2)11-18-23-21(27(24-18)19-9-10-22-26(19)5)20-14(3)25(4)17-8-7-15(28-6)12-16(17)20/h7-10,12-13H,11H2,1-6H3. The first-order valence-corrected chi connectivity index (χ1v) is 9.48. The zero-order valence-corrected chi connectivity index (χ0v) is 17.3. The Morgan fingerprint density at radius 2 is 1.93 bits per heavy atom. The van der Waals surface area contributed by atoms with Crippen molar-refractivity contribution < 1.29 is 4.74 Å². The van der Waals surface area contributed by atoms with E-state index in [-0.39, 0.29) is 0 Å². The summed E-state index contributed by atoms with van der Waals surface area (Å²) in [6.45, 7) is 6.48. The van der Waals surface area contributed by atoms with Gasteiger partial charge in [0, 0.05) is 48.7 Å². The lowest BCUT2D eigenvalue weighted by Gasteiger charge is -2.07. The van der Waals surface area contributed by atoms with E-state index in [1.165, 1.54) is 0 Å². The molecule has 0 atom stereocenters. The van der Waals surface area contributed by atoms with Crippen molar-refractivity contribution in [2.75, 3.05) is 7.11 Å². The second kappa shape index (κ2) is 6.82. The normalized spacial score (nSPS) is 11.7. The summed E-state index contributed by atoms with van der Waals surface area (Å²) in [5.41, 5.74) is 3.34. The van der Waals surface area contributed by atoms with E-state index in [0.29, 0.717) is 5.92 Å². The SMILES string of the molecule is COc1ccc2c(c1)c(-c1nc(CC(C)C)nn1-c1ccnn1C)c(C)n2C. The van der Waals surface area contributed by atoms with Crippen molar-refractivity contribution in [1.29, 1.82) is 0 Å². The molecular weight excluding hydrogens is 352 g/mol. The van der Waals surface area contributed by atoms with E-state index in [9.17, 15) is 0 Å². The molecule has 0 amide bonds. The molecule has 1 aromatic carbocycles. The Labute approximate surface area is 164 Å². The van der Waals surface area contributed by atoms with Crippen LogP contribution in [0.1, 0.15) is 25.4 Å². The van der Waals surface area contributed by atoms with Crippen molar-refractivity contribution in [3.63, 3.8) is 0 Å². The number of rotatable bonds is 5. The molecule has 146 valence electrons. The summed E-state index contributed by atoms with van der Waals surface area (Å²) in [4.78, 5) is 4.95. The van der Waals surface area contributed by atoms with Gasteiger partial charge in [0.15, 0.2) is 17.5 Å². The van der Waals surface area contributed by atoms with Crippen LogP contribution in [-0.2, 0) is 20.5 Å². The van der Waals surface area contributed by atoms with Crippen molar-refractivity contribution in [2.24, 2.45) is 20.0 Å². The van der Waals surface area contributed by atoms with Crippen LogP contribution in [0.5, 0.6) is 5.75 Å². The summed E-state index contributed by atoms with van der Waals surface area (Å²) in [7, 11) is 5.69. The fourth-order valence-electron chi connectivity index (χ4n) is 3.66. The summed E-state index contributed by atoms with van der Waals surface area (Å²) in [6, 6.07) is 8.10. The largest absolute Gasteiger partial charge is 0.497 e. The van der Waals surface area contributed by atoms with Gasteiger partial charge in [-0.05, 0) is 31.0 Å². The molecule has 28 heavy (non-hydrogen) atoms. The van der Waals surface area contributed by atoms with Gasteiger partial charge in [0.25, 0.3) is 0 Å². The van der Waals surface area contributed by atoms with Crippen LogP contribution in [0.3, 0.4) is 0 Å². The maximum atomic E-state index is 5.48. The third-order valence-corrected chi connectivity index (χ3v) is 5.18. The maximum absolute atomic E-state index is 5.48.